The summed E-state index contributed by atoms with van der Waals surface area (Å²) in [5.41, 5.74) is 20.5. The lowest BCUT2D eigenvalue weighted by Gasteiger charge is -2.42. The molecule has 334 valence electrons. The Labute approximate surface area is 410 Å². The van der Waals surface area contributed by atoms with E-state index in [0.29, 0.717) is 0 Å². The molecule has 2 aliphatic rings. The summed E-state index contributed by atoms with van der Waals surface area (Å²) in [4.78, 5) is 3.90. The predicted octanol–water partition coefficient (Wildman–Crippen LogP) is 17.0. The standard InChI is InChI=1S/C64H47BN2O2S/c1-63(2,3)38-25-28-40(29-26-38)67-49-35-53-43(41-21-13-15-23-51(41)68-53)32-45(49)58-59-60-56(57-42-22-14-16-24-52(42)69-61(57)58)44-31-39(64(4,5)6)27-30-48(44)66(60)50-33-46-54(34-47(50)65(59)67)70-62(37-19-11-8-12-20-37)55(46)36-17-9-7-10-18-36/h7-35H,1-6H3. The van der Waals surface area contributed by atoms with Crippen LogP contribution in [0.4, 0.5) is 11.4 Å². The van der Waals surface area contributed by atoms with Gasteiger partial charge in [-0.05, 0) is 98.6 Å². The highest BCUT2D eigenvalue weighted by atomic mass is 32.1. The van der Waals surface area contributed by atoms with E-state index in [1.54, 1.807) is 0 Å². The van der Waals surface area contributed by atoms with Crippen molar-refractivity contribution in [1.82, 2.24) is 4.57 Å². The van der Waals surface area contributed by atoms with Crippen molar-refractivity contribution in [1.29, 1.82) is 0 Å². The molecule has 0 saturated heterocycles. The molecule has 0 bridgehead atoms. The molecule has 0 amide bonds. The maximum absolute atomic E-state index is 7.35. The smallest absolute Gasteiger partial charge is 0.333 e. The minimum Gasteiger partial charge on any atom is -0.456 e. The summed E-state index contributed by atoms with van der Waals surface area (Å²) in [6.07, 6.45) is 0. The van der Waals surface area contributed by atoms with Gasteiger partial charge in [0.2, 0.25) is 0 Å². The fourth-order valence-electron chi connectivity index (χ4n) is 12.1. The van der Waals surface area contributed by atoms with Crippen LogP contribution in [0, 0.1) is 0 Å². The Morgan fingerprint density at radius 1 is 0.486 bits per heavy atom. The normalized spacial score (nSPS) is 13.5. The Hall–Kier alpha value is -7.80. The van der Waals surface area contributed by atoms with Gasteiger partial charge in [0, 0.05) is 87.1 Å². The summed E-state index contributed by atoms with van der Waals surface area (Å²) in [7, 11) is 0. The van der Waals surface area contributed by atoms with Crippen molar-refractivity contribution < 1.29 is 8.83 Å². The summed E-state index contributed by atoms with van der Waals surface area (Å²) in [5.74, 6) is 0. The Balaban J connectivity index is 1.17. The van der Waals surface area contributed by atoms with Crippen molar-refractivity contribution in [3.63, 3.8) is 0 Å². The molecule has 0 fully saturated rings. The van der Waals surface area contributed by atoms with Gasteiger partial charge < -0.3 is 18.2 Å². The van der Waals surface area contributed by atoms with E-state index in [1.807, 2.05) is 11.3 Å². The zero-order valence-corrected chi connectivity index (χ0v) is 40.8. The first-order valence-electron chi connectivity index (χ1n) is 24.5. The van der Waals surface area contributed by atoms with Gasteiger partial charge in [-0.3, -0.25) is 0 Å². The first-order valence-corrected chi connectivity index (χ1v) is 25.3. The minimum atomic E-state index is -0.231. The number of rotatable bonds is 3. The largest absolute Gasteiger partial charge is 0.456 e. The molecule has 0 saturated carbocycles. The van der Waals surface area contributed by atoms with E-state index >= 15 is 0 Å². The van der Waals surface area contributed by atoms with Gasteiger partial charge in [-0.15, -0.1) is 11.3 Å². The molecule has 6 heterocycles. The van der Waals surface area contributed by atoms with Crippen LogP contribution in [0.5, 0.6) is 0 Å². The number of aromatic nitrogens is 1. The number of nitrogens with zero attached hydrogens (tertiary/aromatic N) is 2. The number of benzene rings is 9. The number of thiophene rings is 1. The highest BCUT2D eigenvalue weighted by Crippen LogP contribution is 2.54. The lowest BCUT2D eigenvalue weighted by molar-refractivity contribution is 0.590. The Morgan fingerprint density at radius 3 is 1.87 bits per heavy atom. The average molecular weight is 919 g/mol. The van der Waals surface area contributed by atoms with Crippen molar-refractivity contribution in [2.24, 2.45) is 0 Å². The monoisotopic (exact) mass is 918 g/mol. The molecule has 4 aromatic heterocycles. The molecule has 0 aliphatic carbocycles. The van der Waals surface area contributed by atoms with Crippen molar-refractivity contribution in [2.75, 3.05) is 4.81 Å². The number of anilines is 2. The molecule has 0 N–H and O–H groups in total. The van der Waals surface area contributed by atoms with Crippen LogP contribution in [0.15, 0.2) is 185 Å². The van der Waals surface area contributed by atoms with E-state index < -0.39 is 0 Å². The van der Waals surface area contributed by atoms with E-state index in [9.17, 15) is 0 Å². The van der Waals surface area contributed by atoms with Crippen LogP contribution in [0.3, 0.4) is 0 Å². The SMILES string of the molecule is CC(C)(C)c1ccc(N2B3c4cc5sc(-c6ccccc6)c(-c6ccccc6)c5cc4-n4c5ccc(C(C)(C)C)cc5c5c6c(oc7ccccc76)c(c3c54)-c3cc4c(cc32)oc2ccccc24)cc1. The molecule has 6 heteroatoms. The number of furan rings is 2. The van der Waals surface area contributed by atoms with Gasteiger partial charge in [0.15, 0.2) is 0 Å². The molecular weight excluding hydrogens is 872 g/mol. The third-order valence-electron chi connectivity index (χ3n) is 15.5. The van der Waals surface area contributed by atoms with E-state index in [1.165, 1.54) is 86.6 Å². The predicted molar refractivity (Wildman–Crippen MR) is 298 cm³/mol. The zero-order chi connectivity index (χ0) is 46.9. The minimum absolute atomic E-state index is 0.00752. The van der Waals surface area contributed by atoms with Gasteiger partial charge in [-0.25, -0.2) is 0 Å². The van der Waals surface area contributed by atoms with Crippen LogP contribution in [0.2, 0.25) is 0 Å². The summed E-state index contributed by atoms with van der Waals surface area (Å²) >= 11 is 1.90. The number of hydrogen-bond donors (Lipinski definition) is 0. The molecule has 0 radical (unpaired) electrons. The van der Waals surface area contributed by atoms with Crippen LogP contribution >= 0.6 is 11.3 Å². The van der Waals surface area contributed by atoms with Crippen LogP contribution in [0.1, 0.15) is 52.7 Å². The topological polar surface area (TPSA) is 34.5 Å². The van der Waals surface area contributed by atoms with E-state index in [-0.39, 0.29) is 17.7 Å². The summed E-state index contributed by atoms with van der Waals surface area (Å²) in [5, 5.41) is 8.26. The quantitative estimate of drug-likeness (QED) is 0.166. The highest BCUT2D eigenvalue weighted by molar-refractivity contribution is 7.23. The second-order valence-corrected chi connectivity index (χ2v) is 22.7. The van der Waals surface area contributed by atoms with Crippen LogP contribution in [-0.4, -0.2) is 11.4 Å². The molecule has 70 heavy (non-hydrogen) atoms. The van der Waals surface area contributed by atoms with Gasteiger partial charge in [-0.2, -0.15) is 0 Å². The van der Waals surface area contributed by atoms with E-state index in [2.05, 4.69) is 227 Å². The lowest BCUT2D eigenvalue weighted by Crippen LogP contribution is -2.60. The fraction of sp³-hybridized carbons (Fsp3) is 0.125. The van der Waals surface area contributed by atoms with Crippen molar-refractivity contribution in [3.05, 3.63) is 187 Å². The number of para-hydroxylation sites is 2. The molecule has 2 aliphatic heterocycles. The molecule has 13 aromatic rings. The molecule has 4 nitrogen and oxygen atoms in total. The van der Waals surface area contributed by atoms with Crippen LogP contribution in [0.25, 0.3) is 114 Å². The maximum Gasteiger partial charge on any atom is 0.333 e. The number of fused-ring (bicyclic) bond motifs is 17. The molecular formula is C64H47BN2O2S. The third-order valence-corrected chi connectivity index (χ3v) is 16.7. The van der Waals surface area contributed by atoms with Crippen LogP contribution < -0.4 is 15.7 Å². The van der Waals surface area contributed by atoms with Gasteiger partial charge in [0.25, 0.3) is 0 Å². The zero-order valence-electron chi connectivity index (χ0n) is 39.9. The first kappa shape index (κ1) is 40.1. The average Bonchev–Trinajstić information content (AvgIpc) is 4.14. The van der Waals surface area contributed by atoms with Crippen molar-refractivity contribution in [2.45, 2.75) is 52.4 Å². The maximum atomic E-state index is 7.35. The van der Waals surface area contributed by atoms with Gasteiger partial charge in [0.05, 0.1) is 11.0 Å². The second-order valence-electron chi connectivity index (χ2n) is 21.6. The Kier molecular flexibility index (Phi) is 7.98. The second kappa shape index (κ2) is 13.9. The van der Waals surface area contributed by atoms with Crippen molar-refractivity contribution >= 4 is 116 Å². The molecule has 0 atom stereocenters. The Bertz CT molecular complexity index is 4370. The molecule has 9 aromatic carbocycles. The van der Waals surface area contributed by atoms with E-state index in [0.717, 1.165) is 61.0 Å². The van der Waals surface area contributed by atoms with Gasteiger partial charge in [-0.1, -0.05) is 157 Å². The van der Waals surface area contributed by atoms with E-state index in [4.69, 9.17) is 8.83 Å². The van der Waals surface area contributed by atoms with Gasteiger partial charge >= 0.3 is 6.85 Å². The fourth-order valence-corrected chi connectivity index (χ4v) is 13.4. The van der Waals surface area contributed by atoms with Crippen LogP contribution in [-0.2, 0) is 10.8 Å². The molecule has 0 unspecified atom stereocenters. The van der Waals surface area contributed by atoms with Crippen molar-refractivity contribution in [3.8, 4) is 38.4 Å². The Morgan fingerprint density at radius 2 is 1.14 bits per heavy atom. The summed E-state index contributed by atoms with van der Waals surface area (Å²) < 4.78 is 18.0. The first-order chi connectivity index (χ1) is 34.0. The molecule has 15 rings (SSSR count). The van der Waals surface area contributed by atoms with Gasteiger partial charge in [0.1, 0.15) is 22.3 Å². The number of hydrogen-bond acceptors (Lipinski definition) is 4. The summed E-state index contributed by atoms with van der Waals surface area (Å²) in [6, 6.07) is 65.4. The third kappa shape index (κ3) is 5.43. The molecule has 0 spiro atoms. The lowest BCUT2D eigenvalue weighted by atomic mass is 9.43. The summed E-state index contributed by atoms with van der Waals surface area (Å²) in [6.45, 7) is 13.6. The highest BCUT2D eigenvalue weighted by Gasteiger charge is 2.47.